The van der Waals surface area contributed by atoms with Crippen LogP contribution in [0.5, 0.6) is 0 Å². The van der Waals surface area contributed by atoms with Gasteiger partial charge in [0, 0.05) is 24.3 Å². The van der Waals surface area contributed by atoms with E-state index in [-0.39, 0.29) is 0 Å². The lowest BCUT2D eigenvalue weighted by Gasteiger charge is -2.22. The second kappa shape index (κ2) is 7.11. The summed E-state index contributed by atoms with van der Waals surface area (Å²) in [5.74, 6) is 0. The third kappa shape index (κ3) is 3.68. The zero-order valence-corrected chi connectivity index (χ0v) is 9.36. The van der Waals surface area contributed by atoms with E-state index < -0.39 is 0 Å². The molecule has 17 heavy (non-hydrogen) atoms. The molecule has 0 heterocycles. The van der Waals surface area contributed by atoms with Crippen LogP contribution in [0.1, 0.15) is 10.4 Å². The molecule has 4 heteroatoms. The predicted molar refractivity (Wildman–Crippen MR) is 67.6 cm³/mol. The van der Waals surface area contributed by atoms with E-state index in [1.807, 2.05) is 17.0 Å². The quantitative estimate of drug-likeness (QED) is 0.585. The van der Waals surface area contributed by atoms with Gasteiger partial charge in [0.1, 0.15) is 0 Å². The summed E-state index contributed by atoms with van der Waals surface area (Å²) in [6, 6.07) is 7.16. The average molecular weight is 233 g/mol. The van der Waals surface area contributed by atoms with Gasteiger partial charge < -0.3 is 15.1 Å². The van der Waals surface area contributed by atoms with Crippen molar-refractivity contribution in [3.8, 4) is 0 Å². The minimum atomic E-state index is 0.450. The molecule has 0 radical (unpaired) electrons. The highest BCUT2D eigenvalue weighted by molar-refractivity contribution is 5.84. The molecule has 0 spiro atoms. The van der Waals surface area contributed by atoms with Crippen LogP contribution in [0.2, 0.25) is 0 Å². The first kappa shape index (κ1) is 12.8. The first-order valence-electron chi connectivity index (χ1n) is 5.21. The van der Waals surface area contributed by atoms with Crippen molar-refractivity contribution in [2.75, 3.05) is 18.0 Å². The number of rotatable bonds is 6. The molecule has 1 aromatic rings. The van der Waals surface area contributed by atoms with Crippen LogP contribution in [-0.2, 0) is 0 Å². The standard InChI is InChI=1S/C13H15NO3/c15-9-3-7-14(8-4-10-16)13-6-2-1-5-12(13)11-17/h1-6,9-11,15-16H,7-8H2. The van der Waals surface area contributed by atoms with Crippen molar-refractivity contribution in [3.63, 3.8) is 0 Å². The fraction of sp³-hybridized carbons (Fsp3) is 0.154. The number of anilines is 1. The molecule has 1 aromatic carbocycles. The molecule has 0 bridgehead atoms. The molecule has 0 unspecified atom stereocenters. The number of carbonyl (C=O) groups excluding carboxylic acids is 1. The topological polar surface area (TPSA) is 60.8 Å². The first-order chi connectivity index (χ1) is 8.33. The van der Waals surface area contributed by atoms with Gasteiger partial charge in [-0.25, -0.2) is 0 Å². The molecular formula is C13H15NO3. The van der Waals surface area contributed by atoms with Gasteiger partial charge in [-0.1, -0.05) is 12.1 Å². The molecule has 0 aromatic heterocycles. The number of carbonyl (C=O) groups is 1. The summed E-state index contributed by atoms with van der Waals surface area (Å²) in [6.07, 6.45) is 5.83. The highest BCUT2D eigenvalue weighted by atomic mass is 16.2. The van der Waals surface area contributed by atoms with Crippen LogP contribution < -0.4 is 4.90 Å². The Bertz CT molecular complexity index is 399. The lowest BCUT2D eigenvalue weighted by atomic mass is 10.1. The Labute approximate surface area is 100 Å². The van der Waals surface area contributed by atoms with Crippen LogP contribution in [0.25, 0.3) is 0 Å². The van der Waals surface area contributed by atoms with Gasteiger partial charge in [-0.05, 0) is 24.3 Å². The smallest absolute Gasteiger partial charge is 0.152 e. The first-order valence-corrected chi connectivity index (χ1v) is 5.21. The summed E-state index contributed by atoms with van der Waals surface area (Å²) < 4.78 is 0. The Hall–Kier alpha value is -2.23. The molecular weight excluding hydrogens is 218 g/mol. The van der Waals surface area contributed by atoms with Crippen LogP contribution in [0, 0.1) is 0 Å². The molecule has 0 aliphatic carbocycles. The molecule has 0 aliphatic rings. The molecule has 1 rings (SSSR count). The van der Waals surface area contributed by atoms with E-state index in [0.717, 1.165) is 24.5 Å². The molecule has 0 amide bonds. The van der Waals surface area contributed by atoms with E-state index in [1.165, 1.54) is 0 Å². The van der Waals surface area contributed by atoms with Crippen LogP contribution in [0.4, 0.5) is 5.69 Å². The van der Waals surface area contributed by atoms with Crippen LogP contribution in [0.3, 0.4) is 0 Å². The molecule has 90 valence electrons. The van der Waals surface area contributed by atoms with Crippen molar-refractivity contribution in [2.24, 2.45) is 0 Å². The molecule has 0 fully saturated rings. The second-order valence-electron chi connectivity index (χ2n) is 3.35. The summed E-state index contributed by atoms with van der Waals surface area (Å²) in [5, 5.41) is 17.3. The van der Waals surface area contributed by atoms with Gasteiger partial charge in [0.2, 0.25) is 0 Å². The highest BCUT2D eigenvalue weighted by Crippen LogP contribution is 2.18. The second-order valence-corrected chi connectivity index (χ2v) is 3.35. The van der Waals surface area contributed by atoms with E-state index in [4.69, 9.17) is 10.2 Å². The van der Waals surface area contributed by atoms with Crippen molar-refractivity contribution >= 4 is 12.0 Å². The number of hydrogen-bond donors (Lipinski definition) is 2. The maximum Gasteiger partial charge on any atom is 0.152 e. The Morgan fingerprint density at radius 2 is 1.65 bits per heavy atom. The minimum Gasteiger partial charge on any atom is -0.516 e. The maximum absolute atomic E-state index is 10.9. The van der Waals surface area contributed by atoms with Gasteiger partial charge >= 0.3 is 0 Å². The Morgan fingerprint density at radius 1 is 1.06 bits per heavy atom. The van der Waals surface area contributed by atoms with Gasteiger partial charge in [0.25, 0.3) is 0 Å². The third-order valence-electron chi connectivity index (χ3n) is 2.27. The van der Waals surface area contributed by atoms with E-state index in [9.17, 15) is 4.79 Å². The number of aliphatic hydroxyl groups excluding tert-OH is 2. The molecule has 2 N–H and O–H groups in total. The van der Waals surface area contributed by atoms with Crippen molar-refractivity contribution < 1.29 is 15.0 Å². The van der Waals surface area contributed by atoms with Crippen LogP contribution >= 0.6 is 0 Å². The van der Waals surface area contributed by atoms with E-state index in [0.29, 0.717) is 18.7 Å². The zero-order valence-electron chi connectivity index (χ0n) is 9.36. The van der Waals surface area contributed by atoms with Crippen LogP contribution in [-0.4, -0.2) is 29.6 Å². The summed E-state index contributed by atoms with van der Waals surface area (Å²) in [7, 11) is 0. The Balaban J connectivity index is 2.97. The van der Waals surface area contributed by atoms with E-state index in [1.54, 1.807) is 24.3 Å². The van der Waals surface area contributed by atoms with Crippen molar-refractivity contribution in [2.45, 2.75) is 0 Å². The summed E-state index contributed by atoms with van der Waals surface area (Å²) in [4.78, 5) is 12.8. The summed E-state index contributed by atoms with van der Waals surface area (Å²) in [5.41, 5.74) is 1.34. The Morgan fingerprint density at radius 3 is 2.18 bits per heavy atom. The predicted octanol–water partition coefficient (Wildman–Crippen LogP) is 2.45. The van der Waals surface area contributed by atoms with E-state index in [2.05, 4.69) is 0 Å². The van der Waals surface area contributed by atoms with Gasteiger partial charge in [-0.2, -0.15) is 0 Å². The Kier molecular flexibility index (Phi) is 5.37. The number of benzene rings is 1. The largest absolute Gasteiger partial charge is 0.516 e. The fourth-order valence-electron chi connectivity index (χ4n) is 1.50. The number of para-hydroxylation sites is 1. The fourth-order valence-corrected chi connectivity index (χ4v) is 1.50. The number of aliphatic hydroxyl groups is 2. The normalized spacial score (nSPS) is 11.1. The van der Waals surface area contributed by atoms with Gasteiger partial charge in [0.15, 0.2) is 6.29 Å². The van der Waals surface area contributed by atoms with Gasteiger partial charge in [0.05, 0.1) is 12.5 Å². The zero-order chi connectivity index (χ0) is 12.5. The van der Waals surface area contributed by atoms with Gasteiger partial charge in [-0.3, -0.25) is 4.79 Å². The van der Waals surface area contributed by atoms with Crippen molar-refractivity contribution in [3.05, 3.63) is 54.5 Å². The molecule has 0 atom stereocenters. The lowest BCUT2D eigenvalue weighted by Crippen LogP contribution is -2.24. The van der Waals surface area contributed by atoms with E-state index >= 15 is 0 Å². The number of aldehydes is 1. The SMILES string of the molecule is O=Cc1ccccc1N(CC=CO)CC=CO. The molecule has 0 saturated heterocycles. The monoisotopic (exact) mass is 233 g/mol. The molecule has 0 saturated carbocycles. The summed E-state index contributed by atoms with van der Waals surface area (Å²) in [6.45, 7) is 0.900. The number of nitrogens with zero attached hydrogens (tertiary/aromatic N) is 1. The molecule has 0 aliphatic heterocycles. The summed E-state index contributed by atoms with van der Waals surface area (Å²) >= 11 is 0. The minimum absolute atomic E-state index is 0.450. The average Bonchev–Trinajstić information content (AvgIpc) is 2.39. The number of hydrogen-bond acceptors (Lipinski definition) is 4. The van der Waals surface area contributed by atoms with Gasteiger partial charge in [-0.15, -0.1) is 0 Å². The molecule has 4 nitrogen and oxygen atoms in total. The lowest BCUT2D eigenvalue weighted by molar-refractivity contribution is 0.112. The third-order valence-corrected chi connectivity index (χ3v) is 2.27. The van der Waals surface area contributed by atoms with Crippen LogP contribution in [0.15, 0.2) is 48.9 Å². The van der Waals surface area contributed by atoms with Crippen molar-refractivity contribution in [1.29, 1.82) is 0 Å². The van der Waals surface area contributed by atoms with Crippen molar-refractivity contribution in [1.82, 2.24) is 0 Å². The maximum atomic E-state index is 10.9. The highest BCUT2D eigenvalue weighted by Gasteiger charge is 2.07.